The second kappa shape index (κ2) is 7.00. The number of methoxy groups -OCH3 is 1. The number of nitrogen functional groups attached to an aromatic ring is 1. The topological polar surface area (TPSA) is 92.4 Å². The zero-order valence-corrected chi connectivity index (χ0v) is 9.31. The maximum absolute atomic E-state index is 8.89. The molecule has 5 N–H and O–H groups in total. The van der Waals surface area contributed by atoms with E-state index in [0.29, 0.717) is 24.7 Å². The fraction of sp³-hybridized carbons (Fsp3) is 0.500. The quantitative estimate of drug-likeness (QED) is 0.391. The van der Waals surface area contributed by atoms with Gasteiger partial charge in [0.2, 0.25) is 0 Å². The highest BCUT2D eigenvalue weighted by Gasteiger charge is 2.08. The number of nitrogens with one attached hydrogen (secondary N) is 2. The van der Waals surface area contributed by atoms with E-state index in [-0.39, 0.29) is 12.6 Å². The largest absolute Gasteiger partial charge is 0.396 e. The molecule has 0 spiro atoms. The third-order valence-corrected chi connectivity index (χ3v) is 2.09. The lowest BCUT2D eigenvalue weighted by Gasteiger charge is -2.17. The van der Waals surface area contributed by atoms with Crippen LogP contribution in [0.2, 0.25) is 0 Å². The number of pyridine rings is 1. The van der Waals surface area contributed by atoms with E-state index in [1.54, 1.807) is 13.2 Å². The Morgan fingerprint density at radius 3 is 2.88 bits per heavy atom. The third kappa shape index (κ3) is 4.01. The molecule has 90 valence electrons. The van der Waals surface area contributed by atoms with E-state index in [1.165, 1.54) is 0 Å². The van der Waals surface area contributed by atoms with Crippen LogP contribution in [0, 0.1) is 0 Å². The van der Waals surface area contributed by atoms with Crippen molar-refractivity contribution >= 4 is 11.6 Å². The Hall–Kier alpha value is -1.37. The third-order valence-electron chi connectivity index (χ3n) is 2.09. The van der Waals surface area contributed by atoms with Crippen molar-refractivity contribution in [3.63, 3.8) is 0 Å². The van der Waals surface area contributed by atoms with Gasteiger partial charge in [-0.1, -0.05) is 6.07 Å². The average Bonchev–Trinajstić information content (AvgIpc) is 2.30. The maximum Gasteiger partial charge on any atom is 0.142 e. The molecular formula is C10H18N4O2. The fourth-order valence-electron chi connectivity index (χ4n) is 1.36. The summed E-state index contributed by atoms with van der Waals surface area (Å²) in [6.45, 7) is 0.623. The molecular weight excluding hydrogens is 208 g/mol. The summed E-state index contributed by atoms with van der Waals surface area (Å²) < 4.78 is 5.04. The van der Waals surface area contributed by atoms with Gasteiger partial charge in [-0.05, 0) is 18.6 Å². The molecule has 0 aliphatic rings. The molecule has 6 nitrogen and oxygen atoms in total. The minimum atomic E-state index is 0.0375. The molecule has 0 bridgehead atoms. The second-order valence-corrected chi connectivity index (χ2v) is 3.36. The lowest BCUT2D eigenvalue weighted by atomic mass is 10.2. The van der Waals surface area contributed by atoms with E-state index in [9.17, 15) is 0 Å². The van der Waals surface area contributed by atoms with Gasteiger partial charge in [0.05, 0.1) is 12.6 Å². The highest BCUT2D eigenvalue weighted by Crippen LogP contribution is 2.10. The number of aliphatic hydroxyl groups excluding tert-OH is 1. The fourth-order valence-corrected chi connectivity index (χ4v) is 1.36. The summed E-state index contributed by atoms with van der Waals surface area (Å²) >= 11 is 0. The number of hydrogen-bond acceptors (Lipinski definition) is 6. The van der Waals surface area contributed by atoms with Crippen molar-refractivity contribution in [2.24, 2.45) is 5.84 Å². The summed E-state index contributed by atoms with van der Waals surface area (Å²) in [5, 5.41) is 12.1. The van der Waals surface area contributed by atoms with Gasteiger partial charge in [-0.25, -0.2) is 10.8 Å². The first kappa shape index (κ1) is 12.7. The molecule has 1 rings (SSSR count). The molecule has 16 heavy (non-hydrogen) atoms. The summed E-state index contributed by atoms with van der Waals surface area (Å²) in [6, 6.07) is 5.48. The molecule has 1 atom stereocenters. The summed E-state index contributed by atoms with van der Waals surface area (Å²) in [5.41, 5.74) is 2.47. The van der Waals surface area contributed by atoms with E-state index < -0.39 is 0 Å². The Morgan fingerprint density at radius 1 is 1.50 bits per heavy atom. The molecule has 0 saturated carbocycles. The van der Waals surface area contributed by atoms with Gasteiger partial charge in [-0.2, -0.15) is 0 Å². The van der Waals surface area contributed by atoms with Crippen LogP contribution in [0.5, 0.6) is 0 Å². The molecule has 6 heteroatoms. The molecule has 1 unspecified atom stereocenters. The second-order valence-electron chi connectivity index (χ2n) is 3.36. The number of hydrazine groups is 1. The van der Waals surface area contributed by atoms with Gasteiger partial charge in [0.25, 0.3) is 0 Å². The van der Waals surface area contributed by atoms with Crippen LogP contribution in [0.4, 0.5) is 11.6 Å². The summed E-state index contributed by atoms with van der Waals surface area (Å²) in [4.78, 5) is 4.21. The van der Waals surface area contributed by atoms with Gasteiger partial charge in [0.15, 0.2) is 0 Å². The van der Waals surface area contributed by atoms with Gasteiger partial charge < -0.3 is 20.6 Å². The van der Waals surface area contributed by atoms with E-state index in [2.05, 4.69) is 15.7 Å². The minimum absolute atomic E-state index is 0.0375. The van der Waals surface area contributed by atoms with Gasteiger partial charge in [-0.3, -0.25) is 0 Å². The highest BCUT2D eigenvalue weighted by molar-refractivity contribution is 5.44. The lowest BCUT2D eigenvalue weighted by molar-refractivity contribution is 0.170. The predicted octanol–water partition coefficient (Wildman–Crippen LogP) is 0.176. The van der Waals surface area contributed by atoms with Crippen LogP contribution >= 0.6 is 0 Å². The van der Waals surface area contributed by atoms with Crippen molar-refractivity contribution in [2.75, 3.05) is 31.1 Å². The Bertz CT molecular complexity index is 303. The van der Waals surface area contributed by atoms with Gasteiger partial charge in [0.1, 0.15) is 11.6 Å². The van der Waals surface area contributed by atoms with Crippen molar-refractivity contribution in [2.45, 2.75) is 12.5 Å². The smallest absolute Gasteiger partial charge is 0.142 e. The zero-order chi connectivity index (χ0) is 11.8. The van der Waals surface area contributed by atoms with Crippen molar-refractivity contribution in [1.82, 2.24) is 4.98 Å². The van der Waals surface area contributed by atoms with Crippen LogP contribution in [0.1, 0.15) is 6.42 Å². The lowest BCUT2D eigenvalue weighted by Crippen LogP contribution is -2.26. The molecule has 1 heterocycles. The van der Waals surface area contributed by atoms with Crippen molar-refractivity contribution < 1.29 is 9.84 Å². The van der Waals surface area contributed by atoms with Gasteiger partial charge >= 0.3 is 0 Å². The molecule has 0 fully saturated rings. The number of anilines is 2. The standard InChI is InChI=1S/C10H18N4O2/c1-16-7-8(5-6-15)12-9-3-2-4-10(13-9)14-11/h2-4,8,15H,5-7,11H2,1H3,(H2,12,13,14). The van der Waals surface area contributed by atoms with Crippen LogP contribution < -0.4 is 16.6 Å². The normalized spacial score (nSPS) is 12.2. The number of rotatable bonds is 7. The summed E-state index contributed by atoms with van der Waals surface area (Å²) in [7, 11) is 1.62. The van der Waals surface area contributed by atoms with Crippen molar-refractivity contribution in [3.05, 3.63) is 18.2 Å². The minimum Gasteiger partial charge on any atom is -0.396 e. The van der Waals surface area contributed by atoms with E-state index >= 15 is 0 Å². The summed E-state index contributed by atoms with van der Waals surface area (Å²) in [6.07, 6.45) is 0.607. The Morgan fingerprint density at radius 2 is 2.25 bits per heavy atom. The van der Waals surface area contributed by atoms with E-state index in [4.69, 9.17) is 15.7 Å². The molecule has 0 saturated heterocycles. The number of nitrogens with zero attached hydrogens (tertiary/aromatic N) is 1. The number of aromatic nitrogens is 1. The molecule has 0 aromatic carbocycles. The van der Waals surface area contributed by atoms with Crippen molar-refractivity contribution in [3.8, 4) is 0 Å². The number of aliphatic hydroxyl groups is 1. The van der Waals surface area contributed by atoms with Gasteiger partial charge in [-0.15, -0.1) is 0 Å². The van der Waals surface area contributed by atoms with Crippen molar-refractivity contribution in [1.29, 1.82) is 0 Å². The Balaban J connectivity index is 2.60. The zero-order valence-electron chi connectivity index (χ0n) is 9.31. The van der Waals surface area contributed by atoms with Crippen LogP contribution in [0.3, 0.4) is 0 Å². The first-order valence-corrected chi connectivity index (χ1v) is 5.10. The molecule has 0 aliphatic carbocycles. The van der Waals surface area contributed by atoms with Crippen LogP contribution in [0.15, 0.2) is 18.2 Å². The number of hydrogen-bond donors (Lipinski definition) is 4. The van der Waals surface area contributed by atoms with E-state index in [0.717, 1.165) is 0 Å². The van der Waals surface area contributed by atoms with Crippen LogP contribution in [-0.4, -0.2) is 36.5 Å². The number of nitrogens with two attached hydrogens (primary N) is 1. The predicted molar refractivity (Wildman–Crippen MR) is 63.0 cm³/mol. The van der Waals surface area contributed by atoms with Crippen LogP contribution in [-0.2, 0) is 4.74 Å². The van der Waals surface area contributed by atoms with E-state index in [1.807, 2.05) is 12.1 Å². The van der Waals surface area contributed by atoms with Crippen LogP contribution in [0.25, 0.3) is 0 Å². The molecule has 1 aromatic rings. The SMILES string of the molecule is COCC(CCO)Nc1cccc(NN)n1. The molecule has 1 aromatic heterocycles. The average molecular weight is 226 g/mol. The molecule has 0 amide bonds. The Kier molecular flexibility index (Phi) is 5.55. The Labute approximate surface area is 94.8 Å². The first-order chi connectivity index (χ1) is 7.80. The first-order valence-electron chi connectivity index (χ1n) is 5.10. The number of ether oxygens (including phenoxy) is 1. The summed E-state index contributed by atoms with van der Waals surface area (Å²) in [5.74, 6) is 6.55. The maximum atomic E-state index is 8.89. The highest BCUT2D eigenvalue weighted by atomic mass is 16.5. The molecule has 0 aliphatic heterocycles. The monoisotopic (exact) mass is 226 g/mol. The molecule has 0 radical (unpaired) electrons. The van der Waals surface area contributed by atoms with Gasteiger partial charge in [0, 0.05) is 13.7 Å².